The van der Waals surface area contributed by atoms with Crippen LogP contribution in [0.25, 0.3) is 28.1 Å². The molecule has 22 heavy (non-hydrogen) atoms. The van der Waals surface area contributed by atoms with E-state index in [1.165, 1.54) is 0 Å². The highest BCUT2D eigenvalue weighted by molar-refractivity contribution is 9.10. The number of hydrogen-bond donors (Lipinski definition) is 1. The summed E-state index contributed by atoms with van der Waals surface area (Å²) >= 11 is 3.50. The van der Waals surface area contributed by atoms with Gasteiger partial charge < -0.3 is 9.88 Å². The fourth-order valence-corrected chi connectivity index (χ4v) is 2.98. The van der Waals surface area contributed by atoms with Crippen molar-refractivity contribution in [2.45, 2.75) is 0 Å². The molecule has 6 nitrogen and oxygen atoms in total. The second-order valence-corrected chi connectivity index (χ2v) is 5.96. The molecule has 0 amide bonds. The Labute approximate surface area is 134 Å². The molecule has 7 heteroatoms. The summed E-state index contributed by atoms with van der Waals surface area (Å²) < 4.78 is 4.80. The first-order valence-electron chi connectivity index (χ1n) is 6.82. The average Bonchev–Trinajstić information content (AvgIpc) is 3.10. The van der Waals surface area contributed by atoms with E-state index in [0.29, 0.717) is 0 Å². The topological polar surface area (TPSA) is 60.0 Å². The SMILES string of the molecule is CNc1nc2cc(-c3cccc(Br)c3)nn2c2c1ncn2C. The van der Waals surface area contributed by atoms with Crippen molar-refractivity contribution in [2.24, 2.45) is 7.05 Å². The number of aryl methyl sites for hydroxylation is 1. The van der Waals surface area contributed by atoms with Crippen LogP contribution in [0.2, 0.25) is 0 Å². The molecule has 0 saturated carbocycles. The summed E-state index contributed by atoms with van der Waals surface area (Å²) in [4.78, 5) is 9.01. The molecule has 0 aliphatic heterocycles. The molecule has 4 aromatic rings. The number of anilines is 1. The summed E-state index contributed by atoms with van der Waals surface area (Å²) in [6.45, 7) is 0. The first-order chi connectivity index (χ1) is 10.7. The van der Waals surface area contributed by atoms with Crippen LogP contribution in [0.4, 0.5) is 5.82 Å². The highest BCUT2D eigenvalue weighted by atomic mass is 79.9. The first kappa shape index (κ1) is 13.3. The van der Waals surface area contributed by atoms with Crippen LogP contribution in [0.1, 0.15) is 0 Å². The van der Waals surface area contributed by atoms with E-state index in [0.717, 1.165) is 38.4 Å². The van der Waals surface area contributed by atoms with Gasteiger partial charge in [-0.25, -0.2) is 9.97 Å². The summed E-state index contributed by atoms with van der Waals surface area (Å²) in [7, 11) is 3.80. The Kier molecular flexibility index (Phi) is 2.90. The second-order valence-electron chi connectivity index (χ2n) is 5.05. The van der Waals surface area contributed by atoms with Gasteiger partial charge >= 0.3 is 0 Å². The maximum atomic E-state index is 4.71. The molecule has 0 bridgehead atoms. The Bertz CT molecular complexity index is 1000. The number of hydrogen-bond acceptors (Lipinski definition) is 4. The van der Waals surface area contributed by atoms with Gasteiger partial charge in [0.1, 0.15) is 0 Å². The molecule has 0 saturated heterocycles. The number of nitrogens with zero attached hydrogens (tertiary/aromatic N) is 5. The van der Waals surface area contributed by atoms with Crippen LogP contribution in [0.15, 0.2) is 41.1 Å². The second kappa shape index (κ2) is 4.81. The van der Waals surface area contributed by atoms with Gasteiger partial charge in [-0.3, -0.25) is 0 Å². The predicted octanol–water partition coefficient (Wildman–Crippen LogP) is 3.09. The maximum Gasteiger partial charge on any atom is 0.167 e. The summed E-state index contributed by atoms with van der Waals surface area (Å²) in [6.07, 6.45) is 1.77. The Balaban J connectivity index is 2.05. The molecule has 0 fully saturated rings. The number of halogens is 1. The van der Waals surface area contributed by atoms with Crippen LogP contribution in [-0.2, 0) is 7.05 Å². The fourth-order valence-electron chi connectivity index (χ4n) is 2.58. The molecule has 0 aliphatic carbocycles. The van der Waals surface area contributed by atoms with Crippen molar-refractivity contribution in [2.75, 3.05) is 12.4 Å². The predicted molar refractivity (Wildman–Crippen MR) is 89.9 cm³/mol. The number of nitrogens with one attached hydrogen (secondary N) is 1. The van der Waals surface area contributed by atoms with Crippen LogP contribution < -0.4 is 5.32 Å². The van der Waals surface area contributed by atoms with Gasteiger partial charge in [-0.2, -0.15) is 9.61 Å². The van der Waals surface area contributed by atoms with Crippen molar-refractivity contribution in [3.8, 4) is 11.3 Å². The van der Waals surface area contributed by atoms with Gasteiger partial charge in [-0.15, -0.1) is 0 Å². The van der Waals surface area contributed by atoms with Gasteiger partial charge in [0, 0.05) is 30.2 Å². The minimum absolute atomic E-state index is 0.754. The van der Waals surface area contributed by atoms with E-state index < -0.39 is 0 Å². The van der Waals surface area contributed by atoms with Gasteiger partial charge in [-0.05, 0) is 12.1 Å². The third-order valence-corrected chi connectivity index (χ3v) is 4.10. The fraction of sp³-hybridized carbons (Fsp3) is 0.133. The number of fused-ring (bicyclic) bond motifs is 3. The molecular weight excluding hydrogens is 344 g/mol. The van der Waals surface area contributed by atoms with Crippen LogP contribution >= 0.6 is 15.9 Å². The molecule has 0 unspecified atom stereocenters. The summed E-state index contributed by atoms with van der Waals surface area (Å²) in [5.41, 5.74) is 4.43. The monoisotopic (exact) mass is 356 g/mol. The van der Waals surface area contributed by atoms with Gasteiger partial charge in [0.2, 0.25) is 0 Å². The molecule has 3 aromatic heterocycles. The van der Waals surface area contributed by atoms with Crippen LogP contribution in [-0.4, -0.2) is 31.2 Å². The first-order valence-corrected chi connectivity index (χ1v) is 7.61. The Hall–Kier alpha value is -2.41. The van der Waals surface area contributed by atoms with Crippen molar-refractivity contribution >= 4 is 38.6 Å². The summed E-state index contributed by atoms with van der Waals surface area (Å²) in [5.74, 6) is 0.754. The van der Waals surface area contributed by atoms with E-state index in [9.17, 15) is 0 Å². The molecule has 0 radical (unpaired) electrons. The summed E-state index contributed by atoms with van der Waals surface area (Å²) in [5, 5.41) is 7.80. The third-order valence-electron chi connectivity index (χ3n) is 3.60. The quantitative estimate of drug-likeness (QED) is 0.599. The Morgan fingerprint density at radius 1 is 1.23 bits per heavy atom. The molecule has 4 rings (SSSR count). The van der Waals surface area contributed by atoms with Crippen molar-refractivity contribution < 1.29 is 0 Å². The van der Waals surface area contributed by atoms with Crippen molar-refractivity contribution in [1.29, 1.82) is 0 Å². The third kappa shape index (κ3) is 1.89. The molecule has 0 aliphatic rings. The van der Waals surface area contributed by atoms with Crippen molar-refractivity contribution in [3.63, 3.8) is 0 Å². The number of imidazole rings is 1. The molecule has 0 atom stereocenters. The average molecular weight is 357 g/mol. The van der Waals surface area contributed by atoms with Gasteiger partial charge in [0.05, 0.1) is 12.0 Å². The molecule has 110 valence electrons. The van der Waals surface area contributed by atoms with E-state index in [1.807, 2.05) is 53.5 Å². The largest absolute Gasteiger partial charge is 0.371 e. The normalized spacial score (nSPS) is 11.4. The molecule has 1 aromatic carbocycles. The highest BCUT2D eigenvalue weighted by Crippen LogP contribution is 2.26. The Morgan fingerprint density at radius 2 is 2.09 bits per heavy atom. The number of aromatic nitrogens is 5. The number of benzene rings is 1. The van der Waals surface area contributed by atoms with E-state index in [1.54, 1.807) is 6.33 Å². The minimum Gasteiger partial charge on any atom is -0.371 e. The van der Waals surface area contributed by atoms with Crippen molar-refractivity contribution in [3.05, 3.63) is 41.1 Å². The van der Waals surface area contributed by atoms with E-state index >= 15 is 0 Å². The molecule has 1 N–H and O–H groups in total. The molecule has 3 heterocycles. The lowest BCUT2D eigenvalue weighted by Gasteiger charge is -2.03. The molecular formula is C15H13BrN6. The number of rotatable bonds is 2. The zero-order chi connectivity index (χ0) is 15.3. The summed E-state index contributed by atoms with van der Waals surface area (Å²) in [6, 6.07) is 10.0. The van der Waals surface area contributed by atoms with Crippen LogP contribution in [0, 0.1) is 0 Å². The van der Waals surface area contributed by atoms with E-state index in [4.69, 9.17) is 5.10 Å². The lowest BCUT2D eigenvalue weighted by atomic mass is 10.2. The molecule has 0 spiro atoms. The van der Waals surface area contributed by atoms with E-state index in [-0.39, 0.29) is 0 Å². The smallest absolute Gasteiger partial charge is 0.167 e. The standard InChI is InChI=1S/C15H13BrN6/c1-17-14-13-15(21(2)8-18-13)22-12(19-14)7-11(20-22)9-4-3-5-10(16)6-9/h3-8H,1-2H3,(H,17,19). The zero-order valence-corrected chi connectivity index (χ0v) is 13.7. The lowest BCUT2D eigenvalue weighted by molar-refractivity contribution is 0.876. The minimum atomic E-state index is 0.754. The van der Waals surface area contributed by atoms with Gasteiger partial charge in [0.15, 0.2) is 22.6 Å². The maximum absolute atomic E-state index is 4.71. The van der Waals surface area contributed by atoms with Gasteiger partial charge in [-0.1, -0.05) is 28.1 Å². The van der Waals surface area contributed by atoms with Crippen LogP contribution in [0.3, 0.4) is 0 Å². The van der Waals surface area contributed by atoms with Crippen LogP contribution in [0.5, 0.6) is 0 Å². The lowest BCUT2D eigenvalue weighted by Crippen LogP contribution is -2.01. The zero-order valence-electron chi connectivity index (χ0n) is 12.1. The van der Waals surface area contributed by atoms with Gasteiger partial charge in [0.25, 0.3) is 0 Å². The van der Waals surface area contributed by atoms with E-state index in [2.05, 4.69) is 31.2 Å². The van der Waals surface area contributed by atoms with Crippen molar-refractivity contribution in [1.82, 2.24) is 24.1 Å². The Morgan fingerprint density at radius 3 is 2.86 bits per heavy atom. The highest BCUT2D eigenvalue weighted by Gasteiger charge is 2.15.